The Balaban J connectivity index is 1.94. The van der Waals surface area contributed by atoms with Gasteiger partial charge >= 0.3 is 0 Å². The van der Waals surface area contributed by atoms with Gasteiger partial charge in [0.15, 0.2) is 0 Å². The van der Waals surface area contributed by atoms with E-state index in [0.29, 0.717) is 18.1 Å². The molecule has 2 rings (SSSR count). The predicted octanol–water partition coefficient (Wildman–Crippen LogP) is 2.56. The molecule has 0 amide bonds. The van der Waals surface area contributed by atoms with Gasteiger partial charge in [-0.25, -0.2) is 0 Å². The van der Waals surface area contributed by atoms with Crippen molar-refractivity contribution in [1.82, 2.24) is 4.98 Å². The van der Waals surface area contributed by atoms with E-state index in [-0.39, 0.29) is 0 Å². The molecule has 1 heterocycles. The van der Waals surface area contributed by atoms with Crippen LogP contribution < -0.4 is 0 Å². The van der Waals surface area contributed by atoms with Crippen LogP contribution in [0.2, 0.25) is 0 Å². The Morgan fingerprint density at radius 3 is 2.73 bits per heavy atom. The molecule has 0 N–H and O–H groups in total. The third-order valence-electron chi connectivity index (χ3n) is 3.21. The van der Waals surface area contributed by atoms with E-state index in [1.807, 2.05) is 12.3 Å². The van der Waals surface area contributed by atoms with E-state index in [4.69, 9.17) is 0 Å². The SMILES string of the molecule is CCc1ccc(CC(=O)C2CCC2)nc1. The maximum absolute atomic E-state index is 11.7. The molecule has 1 aliphatic rings. The Morgan fingerprint density at radius 1 is 1.47 bits per heavy atom. The molecule has 1 fully saturated rings. The molecule has 2 heteroatoms. The highest BCUT2D eigenvalue weighted by molar-refractivity contribution is 5.83. The fraction of sp³-hybridized carbons (Fsp3) is 0.538. The second-order valence-electron chi connectivity index (χ2n) is 4.28. The van der Waals surface area contributed by atoms with Crippen molar-refractivity contribution in [3.63, 3.8) is 0 Å². The summed E-state index contributed by atoms with van der Waals surface area (Å²) in [5.74, 6) is 0.704. The maximum atomic E-state index is 11.7. The van der Waals surface area contributed by atoms with Crippen molar-refractivity contribution in [1.29, 1.82) is 0 Å². The van der Waals surface area contributed by atoms with E-state index >= 15 is 0 Å². The molecular formula is C13H17NO. The van der Waals surface area contributed by atoms with Gasteiger partial charge in [-0.05, 0) is 30.9 Å². The van der Waals surface area contributed by atoms with Crippen molar-refractivity contribution in [3.05, 3.63) is 29.6 Å². The van der Waals surface area contributed by atoms with Gasteiger partial charge in [0, 0.05) is 24.2 Å². The van der Waals surface area contributed by atoms with Crippen LogP contribution in [0, 0.1) is 5.92 Å². The van der Waals surface area contributed by atoms with Crippen molar-refractivity contribution in [3.8, 4) is 0 Å². The fourth-order valence-electron chi connectivity index (χ4n) is 1.82. The predicted molar refractivity (Wildman–Crippen MR) is 59.7 cm³/mol. The highest BCUT2D eigenvalue weighted by Gasteiger charge is 2.24. The van der Waals surface area contributed by atoms with Crippen LogP contribution in [0.3, 0.4) is 0 Å². The Kier molecular flexibility index (Phi) is 3.14. The van der Waals surface area contributed by atoms with Crippen molar-refractivity contribution >= 4 is 5.78 Å². The number of hydrogen-bond acceptors (Lipinski definition) is 2. The summed E-state index contributed by atoms with van der Waals surface area (Å²) in [7, 11) is 0. The largest absolute Gasteiger partial charge is 0.299 e. The van der Waals surface area contributed by atoms with Gasteiger partial charge in [0.1, 0.15) is 5.78 Å². The molecule has 80 valence electrons. The normalized spacial score (nSPS) is 16.1. The van der Waals surface area contributed by atoms with Crippen LogP contribution in [0.25, 0.3) is 0 Å². The molecule has 0 aliphatic heterocycles. The molecule has 1 aromatic heterocycles. The molecule has 0 bridgehead atoms. The van der Waals surface area contributed by atoms with E-state index < -0.39 is 0 Å². The zero-order chi connectivity index (χ0) is 10.7. The summed E-state index contributed by atoms with van der Waals surface area (Å²) in [6.45, 7) is 2.11. The summed E-state index contributed by atoms with van der Waals surface area (Å²) in [5, 5.41) is 0. The van der Waals surface area contributed by atoms with Gasteiger partial charge in [0.25, 0.3) is 0 Å². The molecule has 0 unspecified atom stereocenters. The standard InChI is InChI=1S/C13H17NO/c1-2-10-6-7-12(14-9-10)8-13(15)11-4-3-5-11/h6-7,9,11H,2-5,8H2,1H3. The van der Waals surface area contributed by atoms with E-state index in [1.165, 1.54) is 12.0 Å². The van der Waals surface area contributed by atoms with Gasteiger partial charge in [0.2, 0.25) is 0 Å². The van der Waals surface area contributed by atoms with Gasteiger partial charge in [-0.15, -0.1) is 0 Å². The van der Waals surface area contributed by atoms with Gasteiger partial charge in [-0.2, -0.15) is 0 Å². The number of carbonyl (C=O) groups is 1. The lowest BCUT2D eigenvalue weighted by atomic mass is 9.81. The second kappa shape index (κ2) is 4.56. The van der Waals surface area contributed by atoms with E-state index in [0.717, 1.165) is 25.0 Å². The Hall–Kier alpha value is -1.18. The first-order valence-corrected chi connectivity index (χ1v) is 5.76. The maximum Gasteiger partial charge on any atom is 0.141 e. The number of aryl methyl sites for hydroxylation is 1. The van der Waals surface area contributed by atoms with Crippen molar-refractivity contribution in [2.45, 2.75) is 39.0 Å². The molecule has 2 nitrogen and oxygen atoms in total. The van der Waals surface area contributed by atoms with E-state index in [9.17, 15) is 4.79 Å². The smallest absolute Gasteiger partial charge is 0.141 e. The minimum Gasteiger partial charge on any atom is -0.299 e. The summed E-state index contributed by atoms with van der Waals surface area (Å²) in [6.07, 6.45) is 6.80. The zero-order valence-corrected chi connectivity index (χ0v) is 9.20. The Bertz CT molecular complexity index is 338. The average molecular weight is 203 g/mol. The van der Waals surface area contributed by atoms with Crippen molar-refractivity contribution in [2.75, 3.05) is 0 Å². The number of Topliss-reactive ketones (excluding diaryl/α,β-unsaturated/α-hetero) is 1. The van der Waals surface area contributed by atoms with Crippen LogP contribution in [-0.4, -0.2) is 10.8 Å². The van der Waals surface area contributed by atoms with Gasteiger partial charge in [-0.1, -0.05) is 19.4 Å². The molecule has 1 saturated carbocycles. The molecule has 0 atom stereocenters. The van der Waals surface area contributed by atoms with Crippen LogP contribution in [-0.2, 0) is 17.6 Å². The monoisotopic (exact) mass is 203 g/mol. The number of hydrogen-bond donors (Lipinski definition) is 0. The number of rotatable bonds is 4. The number of carbonyl (C=O) groups excluding carboxylic acids is 1. The minimum absolute atomic E-state index is 0.331. The molecule has 15 heavy (non-hydrogen) atoms. The molecule has 0 radical (unpaired) electrons. The van der Waals surface area contributed by atoms with Gasteiger partial charge in [0.05, 0.1) is 0 Å². The highest BCUT2D eigenvalue weighted by atomic mass is 16.1. The third-order valence-corrected chi connectivity index (χ3v) is 3.21. The number of nitrogens with zero attached hydrogens (tertiary/aromatic N) is 1. The van der Waals surface area contributed by atoms with Crippen LogP contribution in [0.5, 0.6) is 0 Å². The third kappa shape index (κ3) is 2.44. The molecule has 1 aliphatic carbocycles. The zero-order valence-electron chi connectivity index (χ0n) is 9.20. The molecule has 0 saturated heterocycles. The highest BCUT2D eigenvalue weighted by Crippen LogP contribution is 2.27. The van der Waals surface area contributed by atoms with Gasteiger partial charge < -0.3 is 0 Å². The van der Waals surface area contributed by atoms with E-state index in [1.54, 1.807) is 0 Å². The Morgan fingerprint density at radius 2 is 2.27 bits per heavy atom. The first-order chi connectivity index (χ1) is 7.29. The molecule has 1 aromatic rings. The topological polar surface area (TPSA) is 30.0 Å². The Labute approximate surface area is 90.7 Å². The summed E-state index contributed by atoms with van der Waals surface area (Å²) in [4.78, 5) is 16.0. The molecular weight excluding hydrogens is 186 g/mol. The van der Waals surface area contributed by atoms with Crippen molar-refractivity contribution < 1.29 is 4.79 Å². The number of aromatic nitrogens is 1. The summed E-state index contributed by atoms with van der Waals surface area (Å²) in [5.41, 5.74) is 2.15. The fourth-order valence-corrected chi connectivity index (χ4v) is 1.82. The first-order valence-electron chi connectivity index (χ1n) is 5.76. The minimum atomic E-state index is 0.331. The average Bonchev–Trinajstić information content (AvgIpc) is 2.16. The number of pyridine rings is 1. The lowest BCUT2D eigenvalue weighted by Crippen LogP contribution is -2.23. The lowest BCUT2D eigenvalue weighted by Gasteiger charge is -2.23. The van der Waals surface area contributed by atoms with Crippen molar-refractivity contribution in [2.24, 2.45) is 5.92 Å². The van der Waals surface area contributed by atoms with Crippen LogP contribution >= 0.6 is 0 Å². The quantitative estimate of drug-likeness (QED) is 0.752. The van der Waals surface area contributed by atoms with Crippen LogP contribution in [0.1, 0.15) is 37.4 Å². The molecule has 0 aromatic carbocycles. The first kappa shape index (κ1) is 10.3. The van der Waals surface area contributed by atoms with Crippen LogP contribution in [0.15, 0.2) is 18.3 Å². The summed E-state index contributed by atoms with van der Waals surface area (Å²) in [6, 6.07) is 4.05. The van der Waals surface area contributed by atoms with E-state index in [2.05, 4.69) is 18.0 Å². The summed E-state index contributed by atoms with van der Waals surface area (Å²) >= 11 is 0. The number of ketones is 1. The second-order valence-corrected chi connectivity index (χ2v) is 4.28. The van der Waals surface area contributed by atoms with Gasteiger partial charge in [-0.3, -0.25) is 9.78 Å². The van der Waals surface area contributed by atoms with Crippen LogP contribution in [0.4, 0.5) is 0 Å². The summed E-state index contributed by atoms with van der Waals surface area (Å²) < 4.78 is 0. The lowest BCUT2D eigenvalue weighted by molar-refractivity contribution is -0.124. The molecule has 0 spiro atoms.